The second-order valence-electron chi connectivity index (χ2n) is 4.81. The molecule has 0 fully saturated rings. The number of nitrogens with one attached hydrogen (secondary N) is 3. The number of carbonyl (C=O) groups is 1. The molecule has 118 valence electrons. The first-order chi connectivity index (χ1) is 10.6. The zero-order chi connectivity index (χ0) is 15.9. The van der Waals surface area contributed by atoms with E-state index in [4.69, 9.17) is 0 Å². The molecule has 1 unspecified atom stereocenters. The second-order valence-corrected chi connectivity index (χ2v) is 6.38. The molecule has 0 aliphatic heterocycles. The standard InChI is InChI=1S/C14H18N4O2S2/c1-9(5-10-3-4-22-8-10)16-13(20)15-7-11-6-12(19)18-14(17-11)21-2/h3-4,6,8-9H,5,7H2,1-2H3,(H2,15,16,20)(H,17,18,19). The zero-order valence-corrected chi connectivity index (χ0v) is 14.0. The van der Waals surface area contributed by atoms with Gasteiger partial charge in [0.15, 0.2) is 5.16 Å². The summed E-state index contributed by atoms with van der Waals surface area (Å²) in [5.41, 5.74) is 1.52. The van der Waals surface area contributed by atoms with Crippen LogP contribution in [0.3, 0.4) is 0 Å². The Balaban J connectivity index is 1.82. The van der Waals surface area contributed by atoms with Crippen molar-refractivity contribution in [1.29, 1.82) is 0 Å². The summed E-state index contributed by atoms with van der Waals surface area (Å²) >= 11 is 2.99. The maximum Gasteiger partial charge on any atom is 0.315 e. The second kappa shape index (κ2) is 8.00. The highest BCUT2D eigenvalue weighted by molar-refractivity contribution is 7.98. The van der Waals surface area contributed by atoms with E-state index in [0.29, 0.717) is 10.9 Å². The number of urea groups is 1. The van der Waals surface area contributed by atoms with Gasteiger partial charge in [-0.25, -0.2) is 9.78 Å². The third kappa shape index (κ3) is 5.19. The van der Waals surface area contributed by atoms with Gasteiger partial charge < -0.3 is 15.6 Å². The Kier molecular flexibility index (Phi) is 6.02. The predicted molar refractivity (Wildman–Crippen MR) is 89.5 cm³/mol. The fraction of sp³-hybridized carbons (Fsp3) is 0.357. The number of hydrogen-bond acceptors (Lipinski definition) is 5. The van der Waals surface area contributed by atoms with Crippen LogP contribution in [0.4, 0.5) is 4.79 Å². The summed E-state index contributed by atoms with van der Waals surface area (Å²) < 4.78 is 0. The van der Waals surface area contributed by atoms with Gasteiger partial charge in [-0.1, -0.05) is 11.8 Å². The van der Waals surface area contributed by atoms with Gasteiger partial charge in [0.25, 0.3) is 5.56 Å². The molecule has 6 nitrogen and oxygen atoms in total. The van der Waals surface area contributed by atoms with Crippen molar-refractivity contribution in [1.82, 2.24) is 20.6 Å². The minimum atomic E-state index is -0.268. The minimum absolute atomic E-state index is 0.0310. The van der Waals surface area contributed by atoms with Crippen LogP contribution in [0.5, 0.6) is 0 Å². The molecule has 0 radical (unpaired) electrons. The SMILES string of the molecule is CSc1nc(CNC(=O)NC(C)Cc2ccsc2)cc(=O)[nH]1. The van der Waals surface area contributed by atoms with Gasteiger partial charge in [0.2, 0.25) is 0 Å². The number of amides is 2. The highest BCUT2D eigenvalue weighted by Crippen LogP contribution is 2.08. The van der Waals surface area contributed by atoms with Crippen molar-refractivity contribution < 1.29 is 4.79 Å². The summed E-state index contributed by atoms with van der Waals surface area (Å²) in [6, 6.07) is 3.19. The van der Waals surface area contributed by atoms with Gasteiger partial charge in [-0.3, -0.25) is 4.79 Å². The predicted octanol–water partition coefficient (Wildman–Crippen LogP) is 1.98. The van der Waals surface area contributed by atoms with Gasteiger partial charge in [-0.2, -0.15) is 11.3 Å². The Morgan fingerprint density at radius 3 is 3.05 bits per heavy atom. The van der Waals surface area contributed by atoms with Crippen LogP contribution >= 0.6 is 23.1 Å². The topological polar surface area (TPSA) is 86.9 Å². The number of hydrogen-bond donors (Lipinski definition) is 3. The number of nitrogens with zero attached hydrogens (tertiary/aromatic N) is 1. The maximum absolute atomic E-state index is 11.9. The molecule has 22 heavy (non-hydrogen) atoms. The lowest BCUT2D eigenvalue weighted by Crippen LogP contribution is -2.41. The Morgan fingerprint density at radius 1 is 1.55 bits per heavy atom. The van der Waals surface area contributed by atoms with Crippen LogP contribution in [0.15, 0.2) is 32.8 Å². The molecular formula is C14H18N4O2S2. The fourth-order valence-electron chi connectivity index (χ4n) is 1.93. The van der Waals surface area contributed by atoms with Crippen LogP contribution in [0, 0.1) is 0 Å². The van der Waals surface area contributed by atoms with Crippen molar-refractivity contribution in [3.05, 3.63) is 44.5 Å². The molecule has 2 aromatic rings. The van der Waals surface area contributed by atoms with E-state index in [0.717, 1.165) is 6.42 Å². The number of aromatic nitrogens is 2. The normalized spacial score (nSPS) is 11.9. The summed E-state index contributed by atoms with van der Waals surface area (Å²) in [5, 5.41) is 10.2. The number of thiophene rings is 1. The third-order valence-corrected chi connectivity index (χ3v) is 4.21. The molecule has 0 saturated carbocycles. The molecule has 2 amide bonds. The van der Waals surface area contributed by atoms with E-state index in [-0.39, 0.29) is 24.2 Å². The first kappa shape index (κ1) is 16.6. The Bertz CT molecular complexity index is 670. The molecule has 3 N–H and O–H groups in total. The lowest BCUT2D eigenvalue weighted by Gasteiger charge is -2.14. The Morgan fingerprint density at radius 2 is 2.36 bits per heavy atom. The fourth-order valence-corrected chi connectivity index (χ4v) is 3.02. The van der Waals surface area contributed by atoms with Crippen LogP contribution in [0.1, 0.15) is 18.2 Å². The van der Waals surface area contributed by atoms with Gasteiger partial charge in [-0.15, -0.1) is 0 Å². The quantitative estimate of drug-likeness (QED) is 0.555. The molecule has 2 rings (SSSR count). The number of rotatable bonds is 6. The molecule has 1 atom stereocenters. The summed E-state index contributed by atoms with van der Waals surface area (Å²) in [6.45, 7) is 2.17. The number of H-pyrrole nitrogens is 1. The Labute approximate surface area is 136 Å². The smallest absolute Gasteiger partial charge is 0.315 e. The van der Waals surface area contributed by atoms with Crippen molar-refractivity contribution in [2.45, 2.75) is 31.1 Å². The van der Waals surface area contributed by atoms with Gasteiger partial charge >= 0.3 is 6.03 Å². The monoisotopic (exact) mass is 338 g/mol. The molecule has 0 bridgehead atoms. The number of carbonyl (C=O) groups excluding carboxylic acids is 1. The van der Waals surface area contributed by atoms with Crippen LogP contribution in [-0.4, -0.2) is 28.3 Å². The molecule has 2 aromatic heterocycles. The number of aromatic amines is 1. The summed E-state index contributed by atoms with van der Waals surface area (Å²) in [4.78, 5) is 30.1. The van der Waals surface area contributed by atoms with Crippen LogP contribution < -0.4 is 16.2 Å². The van der Waals surface area contributed by atoms with E-state index < -0.39 is 0 Å². The van der Waals surface area contributed by atoms with Crippen molar-refractivity contribution in [3.8, 4) is 0 Å². The molecule has 0 spiro atoms. The van der Waals surface area contributed by atoms with Crippen LogP contribution in [-0.2, 0) is 13.0 Å². The largest absolute Gasteiger partial charge is 0.335 e. The van der Waals surface area contributed by atoms with E-state index in [2.05, 4.69) is 26.0 Å². The lowest BCUT2D eigenvalue weighted by atomic mass is 10.1. The summed E-state index contributed by atoms with van der Waals surface area (Å²) in [7, 11) is 0. The molecule has 2 heterocycles. The van der Waals surface area contributed by atoms with Crippen LogP contribution in [0.2, 0.25) is 0 Å². The van der Waals surface area contributed by atoms with E-state index in [1.54, 1.807) is 11.3 Å². The molecule has 0 aliphatic carbocycles. The summed E-state index contributed by atoms with van der Waals surface area (Å²) in [5.74, 6) is 0. The van der Waals surface area contributed by atoms with E-state index in [9.17, 15) is 9.59 Å². The summed E-state index contributed by atoms with van der Waals surface area (Å²) in [6.07, 6.45) is 2.62. The lowest BCUT2D eigenvalue weighted by molar-refractivity contribution is 0.237. The first-order valence-corrected chi connectivity index (χ1v) is 8.93. The molecule has 0 aromatic carbocycles. The van der Waals surface area contributed by atoms with E-state index >= 15 is 0 Å². The highest BCUT2D eigenvalue weighted by Gasteiger charge is 2.09. The third-order valence-electron chi connectivity index (χ3n) is 2.90. The molecule has 0 saturated heterocycles. The first-order valence-electron chi connectivity index (χ1n) is 6.76. The van der Waals surface area contributed by atoms with E-state index in [1.807, 2.05) is 24.6 Å². The highest BCUT2D eigenvalue weighted by atomic mass is 32.2. The van der Waals surface area contributed by atoms with Gasteiger partial charge in [-0.05, 0) is 42.0 Å². The van der Waals surface area contributed by atoms with Crippen molar-refractivity contribution in [2.75, 3.05) is 6.26 Å². The van der Waals surface area contributed by atoms with Crippen molar-refractivity contribution in [2.24, 2.45) is 0 Å². The van der Waals surface area contributed by atoms with Gasteiger partial charge in [0.1, 0.15) is 0 Å². The average Bonchev–Trinajstić information content (AvgIpc) is 2.97. The Hall–Kier alpha value is -1.80. The van der Waals surface area contributed by atoms with Gasteiger partial charge in [0, 0.05) is 12.1 Å². The van der Waals surface area contributed by atoms with Crippen LogP contribution in [0.25, 0.3) is 0 Å². The minimum Gasteiger partial charge on any atom is -0.335 e. The van der Waals surface area contributed by atoms with Crippen molar-refractivity contribution >= 4 is 29.1 Å². The van der Waals surface area contributed by atoms with E-state index in [1.165, 1.54) is 23.4 Å². The maximum atomic E-state index is 11.9. The molecule has 0 aliphatic rings. The number of thioether (sulfide) groups is 1. The average molecular weight is 338 g/mol. The molecule has 8 heteroatoms. The molecular weight excluding hydrogens is 320 g/mol. The van der Waals surface area contributed by atoms with Crippen molar-refractivity contribution in [3.63, 3.8) is 0 Å². The zero-order valence-electron chi connectivity index (χ0n) is 12.4. The van der Waals surface area contributed by atoms with Gasteiger partial charge in [0.05, 0.1) is 12.2 Å².